The molecule has 9 nitrogen and oxygen atoms in total. The van der Waals surface area contributed by atoms with E-state index in [0.717, 1.165) is 23.1 Å². The highest BCUT2D eigenvalue weighted by Gasteiger charge is 2.43. The van der Waals surface area contributed by atoms with Gasteiger partial charge < -0.3 is 19.5 Å². The molecule has 0 saturated carbocycles. The quantitative estimate of drug-likeness (QED) is 0.176. The molecule has 0 aromatic heterocycles. The van der Waals surface area contributed by atoms with Crippen LogP contribution in [0.4, 0.5) is 0 Å². The average molecular weight is 537 g/mol. The highest BCUT2D eigenvalue weighted by Crippen LogP contribution is 2.37. The molecule has 39 heavy (non-hydrogen) atoms. The minimum Gasteiger partial charge on any atom is -0.460 e. The number of carbonyl (C=O) groups excluding carboxylic acids is 2. The Morgan fingerprint density at radius 1 is 1.05 bits per heavy atom. The zero-order chi connectivity index (χ0) is 28.6. The molecular weight excluding hydrogens is 496 g/mol. The second kappa shape index (κ2) is 13.6. The van der Waals surface area contributed by atoms with Gasteiger partial charge in [0.05, 0.1) is 18.6 Å². The van der Waals surface area contributed by atoms with Gasteiger partial charge in [-0.05, 0) is 61.2 Å². The van der Waals surface area contributed by atoms with Gasteiger partial charge in [-0.15, -0.1) is 0 Å². The van der Waals surface area contributed by atoms with Crippen LogP contribution in [-0.4, -0.2) is 42.5 Å². The topological polar surface area (TPSA) is 123 Å². The Bertz CT molecular complexity index is 1140. The minimum atomic E-state index is -0.734. The van der Waals surface area contributed by atoms with E-state index in [9.17, 15) is 9.59 Å². The van der Waals surface area contributed by atoms with Crippen LogP contribution in [0.25, 0.3) is 10.4 Å². The largest absolute Gasteiger partial charge is 0.460 e. The van der Waals surface area contributed by atoms with Crippen molar-refractivity contribution in [1.29, 1.82) is 0 Å². The summed E-state index contributed by atoms with van der Waals surface area (Å²) in [5.74, 6) is -0.431. The Hall–Kier alpha value is -3.39. The summed E-state index contributed by atoms with van der Waals surface area (Å²) in [5, 5.41) is 6.38. The summed E-state index contributed by atoms with van der Waals surface area (Å²) >= 11 is 0. The van der Waals surface area contributed by atoms with Crippen LogP contribution in [0.2, 0.25) is 0 Å². The first-order chi connectivity index (χ1) is 18.5. The third-order valence-electron chi connectivity index (χ3n) is 7.02. The minimum absolute atomic E-state index is 0.0390. The molecule has 4 unspecified atom stereocenters. The van der Waals surface area contributed by atoms with Gasteiger partial charge in [0.25, 0.3) is 0 Å². The standard InChI is InChI=1S/C30H40N4O5/c1-7-24-19(2)20(3)27(33-25(35)18-32-34-31)29(37-24)38-28(22-11-9-8-10-12-22)23-15-13-21(14-16-23)17-26(36)39-30(4,5)6/h8-16,19-20,24,27-29H,7,17-18H2,1-6H3,(H,33,35)/t19-,20-,24?,27?,28?,29?/m0/s1. The number of nitrogens with one attached hydrogen (secondary N) is 1. The number of azide groups is 1. The molecule has 0 spiro atoms. The van der Waals surface area contributed by atoms with Crippen LogP contribution < -0.4 is 5.32 Å². The first-order valence-corrected chi connectivity index (χ1v) is 13.5. The maximum Gasteiger partial charge on any atom is 0.310 e. The van der Waals surface area contributed by atoms with Crippen molar-refractivity contribution in [2.24, 2.45) is 17.0 Å². The smallest absolute Gasteiger partial charge is 0.310 e. The predicted octanol–water partition coefficient (Wildman–Crippen LogP) is 5.88. The van der Waals surface area contributed by atoms with Crippen molar-refractivity contribution in [2.75, 3.05) is 6.54 Å². The molecule has 1 N–H and O–H groups in total. The molecule has 1 aliphatic heterocycles. The molecule has 1 aliphatic rings. The van der Waals surface area contributed by atoms with Gasteiger partial charge in [0.15, 0.2) is 6.29 Å². The van der Waals surface area contributed by atoms with Crippen molar-refractivity contribution in [3.63, 3.8) is 0 Å². The van der Waals surface area contributed by atoms with Gasteiger partial charge >= 0.3 is 5.97 Å². The second-order valence-corrected chi connectivity index (χ2v) is 11.1. The summed E-state index contributed by atoms with van der Waals surface area (Å²) in [6.07, 6.45) is -0.278. The van der Waals surface area contributed by atoms with Crippen molar-refractivity contribution >= 4 is 11.9 Å². The van der Waals surface area contributed by atoms with Gasteiger partial charge in [0.1, 0.15) is 18.2 Å². The third kappa shape index (κ3) is 8.55. The van der Waals surface area contributed by atoms with E-state index in [2.05, 4.69) is 36.1 Å². The molecule has 0 radical (unpaired) electrons. The monoisotopic (exact) mass is 536 g/mol. The molecule has 1 heterocycles. The van der Waals surface area contributed by atoms with Crippen LogP contribution in [-0.2, 0) is 30.2 Å². The molecule has 1 saturated heterocycles. The van der Waals surface area contributed by atoms with E-state index in [1.165, 1.54) is 0 Å². The van der Waals surface area contributed by atoms with Gasteiger partial charge in [-0.1, -0.05) is 80.5 Å². The van der Waals surface area contributed by atoms with Gasteiger partial charge in [-0.25, -0.2) is 0 Å². The highest BCUT2D eigenvalue weighted by atomic mass is 16.7. The molecule has 1 amide bonds. The lowest BCUT2D eigenvalue weighted by Crippen LogP contribution is -2.58. The SMILES string of the molecule is CCC1OC(OC(c2ccccc2)c2ccc(CC(=O)OC(C)(C)C)cc2)C(NC(=O)CN=[N+]=[N-])[C@@H](C)[C@@H]1C. The summed E-state index contributed by atoms with van der Waals surface area (Å²) < 4.78 is 18.6. The Morgan fingerprint density at radius 2 is 1.69 bits per heavy atom. The van der Waals surface area contributed by atoms with Gasteiger partial charge in [-0.2, -0.15) is 0 Å². The van der Waals surface area contributed by atoms with Gasteiger partial charge in [0.2, 0.25) is 5.91 Å². The van der Waals surface area contributed by atoms with E-state index >= 15 is 0 Å². The average Bonchev–Trinajstić information content (AvgIpc) is 2.89. The maximum atomic E-state index is 12.5. The third-order valence-corrected chi connectivity index (χ3v) is 7.02. The molecule has 1 fully saturated rings. The van der Waals surface area contributed by atoms with E-state index in [1.54, 1.807) is 0 Å². The van der Waals surface area contributed by atoms with E-state index in [-0.39, 0.29) is 42.8 Å². The van der Waals surface area contributed by atoms with E-state index in [1.807, 2.05) is 75.4 Å². The van der Waals surface area contributed by atoms with Crippen LogP contribution in [0.1, 0.15) is 70.8 Å². The number of hydrogen-bond acceptors (Lipinski definition) is 6. The number of nitrogens with zero attached hydrogens (tertiary/aromatic N) is 3. The van der Waals surface area contributed by atoms with Crippen LogP contribution in [0.3, 0.4) is 0 Å². The van der Waals surface area contributed by atoms with E-state index in [4.69, 9.17) is 19.7 Å². The van der Waals surface area contributed by atoms with Crippen LogP contribution in [0.15, 0.2) is 59.7 Å². The second-order valence-electron chi connectivity index (χ2n) is 11.1. The number of benzene rings is 2. The Labute approximate surface area is 230 Å². The Morgan fingerprint density at radius 3 is 2.28 bits per heavy atom. The van der Waals surface area contributed by atoms with Gasteiger partial charge in [0, 0.05) is 4.91 Å². The van der Waals surface area contributed by atoms with E-state index in [0.29, 0.717) is 0 Å². The molecule has 210 valence electrons. The predicted molar refractivity (Wildman–Crippen MR) is 149 cm³/mol. The number of amides is 1. The van der Waals surface area contributed by atoms with Crippen LogP contribution in [0.5, 0.6) is 0 Å². The van der Waals surface area contributed by atoms with Crippen molar-refractivity contribution < 1.29 is 23.8 Å². The fraction of sp³-hybridized carbons (Fsp3) is 0.533. The first-order valence-electron chi connectivity index (χ1n) is 13.5. The molecular formula is C30H40N4O5. The lowest BCUT2D eigenvalue weighted by atomic mass is 9.81. The summed E-state index contributed by atoms with van der Waals surface area (Å²) in [7, 11) is 0. The number of rotatable bonds is 10. The van der Waals surface area contributed by atoms with Crippen molar-refractivity contribution in [2.45, 2.75) is 84.5 Å². The molecule has 6 atom stereocenters. The van der Waals surface area contributed by atoms with E-state index < -0.39 is 24.0 Å². The molecule has 2 aromatic carbocycles. The Balaban J connectivity index is 1.89. The highest BCUT2D eigenvalue weighted by molar-refractivity contribution is 5.78. The molecule has 9 heteroatoms. The molecule has 0 aliphatic carbocycles. The maximum absolute atomic E-state index is 12.5. The summed E-state index contributed by atoms with van der Waals surface area (Å²) in [6, 6.07) is 17.1. The van der Waals surface area contributed by atoms with Gasteiger partial charge in [-0.3, -0.25) is 9.59 Å². The van der Waals surface area contributed by atoms with Crippen LogP contribution >= 0.6 is 0 Å². The first kappa shape index (κ1) is 30.2. The fourth-order valence-electron chi connectivity index (χ4n) is 4.87. The lowest BCUT2D eigenvalue weighted by Gasteiger charge is -2.45. The number of hydrogen-bond donors (Lipinski definition) is 1. The number of ether oxygens (including phenoxy) is 3. The van der Waals surface area contributed by atoms with Crippen molar-refractivity contribution in [3.8, 4) is 0 Å². The number of carbonyl (C=O) groups is 2. The summed E-state index contributed by atoms with van der Waals surface area (Å²) in [6.45, 7) is 11.5. The van der Waals surface area contributed by atoms with Crippen molar-refractivity contribution in [3.05, 3.63) is 81.7 Å². The molecule has 0 bridgehead atoms. The summed E-state index contributed by atoms with van der Waals surface area (Å²) in [5.41, 5.74) is 10.7. The molecule has 2 aromatic rings. The normalized spacial score (nSPS) is 23.8. The van der Waals surface area contributed by atoms with Crippen LogP contribution in [0, 0.1) is 11.8 Å². The molecule has 3 rings (SSSR count). The zero-order valence-corrected chi connectivity index (χ0v) is 23.7. The fourth-order valence-corrected chi connectivity index (χ4v) is 4.87. The van der Waals surface area contributed by atoms with Crippen molar-refractivity contribution in [1.82, 2.24) is 5.32 Å². The Kier molecular flexibility index (Phi) is 10.5. The zero-order valence-electron chi connectivity index (χ0n) is 23.7. The summed E-state index contributed by atoms with van der Waals surface area (Å²) in [4.78, 5) is 27.5. The number of esters is 1. The lowest BCUT2D eigenvalue weighted by molar-refractivity contribution is -0.248.